The van der Waals surface area contributed by atoms with E-state index in [2.05, 4.69) is 15.2 Å². The number of rotatable bonds is 8. The number of nitrogens with one attached hydrogen (secondary N) is 1. The van der Waals surface area contributed by atoms with Crippen molar-refractivity contribution in [2.45, 2.75) is 39.3 Å². The van der Waals surface area contributed by atoms with Gasteiger partial charge in [0.1, 0.15) is 5.75 Å². The summed E-state index contributed by atoms with van der Waals surface area (Å²) in [5.74, 6) is 1.63. The number of para-hydroxylation sites is 1. The van der Waals surface area contributed by atoms with Crippen molar-refractivity contribution in [3.8, 4) is 11.6 Å². The highest BCUT2D eigenvalue weighted by Gasteiger charge is 2.22. The first kappa shape index (κ1) is 21.1. The summed E-state index contributed by atoms with van der Waals surface area (Å²) in [6, 6.07) is 13.4. The van der Waals surface area contributed by atoms with Crippen molar-refractivity contribution in [3.05, 3.63) is 53.7 Å². The Hall–Kier alpha value is -2.60. The summed E-state index contributed by atoms with van der Waals surface area (Å²) in [5.41, 5.74) is 1.61. The molecule has 1 saturated heterocycles. The van der Waals surface area contributed by atoms with Gasteiger partial charge in [0.25, 0.3) is 5.91 Å². The van der Waals surface area contributed by atoms with Crippen LogP contribution in [0.5, 0.6) is 11.6 Å². The minimum atomic E-state index is -0.0926. The lowest BCUT2D eigenvalue weighted by Crippen LogP contribution is -2.37. The average molecular weight is 398 g/mol. The molecule has 6 heteroatoms. The Morgan fingerprint density at radius 2 is 2.07 bits per heavy atom. The van der Waals surface area contributed by atoms with Crippen LogP contribution in [0.2, 0.25) is 0 Å². The number of hydrogen-bond donors (Lipinski definition) is 1. The Labute approximate surface area is 173 Å². The van der Waals surface area contributed by atoms with E-state index in [0.29, 0.717) is 29.7 Å². The van der Waals surface area contributed by atoms with Gasteiger partial charge in [-0.2, -0.15) is 0 Å². The second-order valence-corrected chi connectivity index (χ2v) is 7.85. The van der Waals surface area contributed by atoms with Crippen LogP contribution in [-0.2, 0) is 6.54 Å². The topological polar surface area (TPSA) is 63.7 Å². The maximum absolute atomic E-state index is 12.4. The second-order valence-electron chi connectivity index (χ2n) is 7.85. The maximum Gasteiger partial charge on any atom is 0.255 e. The summed E-state index contributed by atoms with van der Waals surface area (Å²) in [6.07, 6.45) is 2.26. The number of methoxy groups -OCH3 is 1. The highest BCUT2D eigenvalue weighted by atomic mass is 16.5. The molecule has 1 aromatic heterocycles. The average Bonchev–Trinajstić information content (AvgIpc) is 2.72. The molecule has 1 fully saturated rings. The van der Waals surface area contributed by atoms with Crippen LogP contribution in [0.15, 0.2) is 42.5 Å². The maximum atomic E-state index is 12.4. The molecule has 0 bridgehead atoms. The van der Waals surface area contributed by atoms with E-state index in [1.54, 1.807) is 7.11 Å². The standard InChI is InChI=1S/C23H31N3O3/c1-17(2)24-23(27)20-10-4-5-11-21(20)29-16-18-8-7-13-26(14-18)15-19-9-6-12-22(25-19)28-3/h4-6,9-12,17-18H,7-8,13-16H2,1-3H3,(H,24,27). The minimum absolute atomic E-state index is 0.0904. The number of nitrogens with zero attached hydrogens (tertiary/aromatic N) is 2. The zero-order chi connectivity index (χ0) is 20.6. The van der Waals surface area contributed by atoms with Gasteiger partial charge < -0.3 is 14.8 Å². The van der Waals surface area contributed by atoms with Gasteiger partial charge in [0.05, 0.1) is 25.0 Å². The number of pyridine rings is 1. The predicted octanol–water partition coefficient (Wildman–Crippen LogP) is 3.52. The third-order valence-electron chi connectivity index (χ3n) is 5.01. The number of amides is 1. The Morgan fingerprint density at radius 3 is 2.86 bits per heavy atom. The molecule has 2 heterocycles. The summed E-state index contributed by atoms with van der Waals surface area (Å²) in [5, 5.41) is 2.94. The molecule has 0 aliphatic carbocycles. The van der Waals surface area contributed by atoms with Crippen LogP contribution in [-0.4, -0.2) is 48.6 Å². The Bertz CT molecular complexity index is 809. The number of carbonyl (C=O) groups is 1. The highest BCUT2D eigenvalue weighted by molar-refractivity contribution is 5.97. The largest absolute Gasteiger partial charge is 0.492 e. The van der Waals surface area contributed by atoms with Gasteiger partial charge in [-0.25, -0.2) is 4.98 Å². The van der Waals surface area contributed by atoms with Gasteiger partial charge in [-0.1, -0.05) is 18.2 Å². The summed E-state index contributed by atoms with van der Waals surface area (Å²) in [7, 11) is 1.64. The summed E-state index contributed by atoms with van der Waals surface area (Å²) < 4.78 is 11.3. The first-order valence-corrected chi connectivity index (χ1v) is 10.3. The molecular formula is C23H31N3O3. The van der Waals surface area contributed by atoms with Crippen LogP contribution in [0.3, 0.4) is 0 Å². The highest BCUT2D eigenvalue weighted by Crippen LogP contribution is 2.23. The molecule has 3 rings (SSSR count). The molecule has 1 amide bonds. The van der Waals surface area contributed by atoms with Crippen LogP contribution < -0.4 is 14.8 Å². The van der Waals surface area contributed by atoms with E-state index in [0.717, 1.165) is 38.2 Å². The van der Waals surface area contributed by atoms with Crippen LogP contribution in [0.25, 0.3) is 0 Å². The van der Waals surface area contributed by atoms with Crippen LogP contribution >= 0.6 is 0 Å². The molecule has 29 heavy (non-hydrogen) atoms. The summed E-state index contributed by atoms with van der Waals surface area (Å²) >= 11 is 0. The van der Waals surface area contributed by atoms with E-state index in [9.17, 15) is 4.79 Å². The van der Waals surface area contributed by atoms with Crippen LogP contribution in [0, 0.1) is 5.92 Å². The first-order valence-electron chi connectivity index (χ1n) is 10.3. The van der Waals surface area contributed by atoms with E-state index in [1.165, 1.54) is 0 Å². The number of benzene rings is 1. The lowest BCUT2D eigenvalue weighted by Gasteiger charge is -2.32. The van der Waals surface area contributed by atoms with Crippen molar-refractivity contribution >= 4 is 5.91 Å². The fraction of sp³-hybridized carbons (Fsp3) is 0.478. The summed E-state index contributed by atoms with van der Waals surface area (Å²) in [4.78, 5) is 19.4. The molecule has 1 aliphatic rings. The zero-order valence-electron chi connectivity index (χ0n) is 17.6. The van der Waals surface area contributed by atoms with Crippen molar-refractivity contribution in [1.82, 2.24) is 15.2 Å². The van der Waals surface area contributed by atoms with Gasteiger partial charge >= 0.3 is 0 Å². The normalized spacial score (nSPS) is 17.2. The lowest BCUT2D eigenvalue weighted by molar-refractivity contribution is 0.0932. The van der Waals surface area contributed by atoms with Gasteiger partial charge in [-0.05, 0) is 51.4 Å². The Kier molecular flexibility index (Phi) is 7.47. The number of ether oxygens (including phenoxy) is 2. The van der Waals surface area contributed by atoms with E-state index in [-0.39, 0.29) is 11.9 Å². The first-order chi connectivity index (χ1) is 14.0. The smallest absolute Gasteiger partial charge is 0.255 e. The number of likely N-dealkylation sites (tertiary alicyclic amines) is 1. The summed E-state index contributed by atoms with van der Waals surface area (Å²) in [6.45, 7) is 7.33. The van der Waals surface area contributed by atoms with Crippen molar-refractivity contribution < 1.29 is 14.3 Å². The molecule has 0 saturated carbocycles. The van der Waals surface area contributed by atoms with Crippen LogP contribution in [0.1, 0.15) is 42.7 Å². The van der Waals surface area contributed by atoms with Gasteiger partial charge in [0.15, 0.2) is 0 Å². The van der Waals surface area contributed by atoms with Gasteiger partial charge in [-0.3, -0.25) is 9.69 Å². The van der Waals surface area contributed by atoms with Crippen molar-refractivity contribution in [1.29, 1.82) is 0 Å². The SMILES string of the molecule is COc1cccc(CN2CCCC(COc3ccccc3C(=O)NC(C)C)C2)n1. The number of piperidine rings is 1. The van der Waals surface area contributed by atoms with E-state index >= 15 is 0 Å². The fourth-order valence-corrected chi connectivity index (χ4v) is 3.65. The molecule has 0 spiro atoms. The minimum Gasteiger partial charge on any atom is -0.492 e. The van der Waals surface area contributed by atoms with Crippen molar-refractivity contribution in [2.24, 2.45) is 5.92 Å². The van der Waals surface area contributed by atoms with Gasteiger partial charge in [-0.15, -0.1) is 0 Å². The number of hydrogen-bond acceptors (Lipinski definition) is 5. The quantitative estimate of drug-likeness (QED) is 0.738. The van der Waals surface area contributed by atoms with E-state index < -0.39 is 0 Å². The molecule has 1 unspecified atom stereocenters. The molecule has 1 aromatic carbocycles. The van der Waals surface area contributed by atoms with E-state index in [1.807, 2.05) is 56.3 Å². The number of aromatic nitrogens is 1. The molecule has 0 radical (unpaired) electrons. The molecule has 1 atom stereocenters. The van der Waals surface area contributed by atoms with Gasteiger partial charge in [0, 0.05) is 31.1 Å². The van der Waals surface area contributed by atoms with Crippen molar-refractivity contribution in [3.63, 3.8) is 0 Å². The molecule has 2 aromatic rings. The number of carbonyl (C=O) groups excluding carboxylic acids is 1. The van der Waals surface area contributed by atoms with Crippen LogP contribution in [0.4, 0.5) is 0 Å². The van der Waals surface area contributed by atoms with Crippen molar-refractivity contribution in [2.75, 3.05) is 26.8 Å². The monoisotopic (exact) mass is 397 g/mol. The third-order valence-corrected chi connectivity index (χ3v) is 5.01. The van der Waals surface area contributed by atoms with Gasteiger partial charge in [0.2, 0.25) is 5.88 Å². The Morgan fingerprint density at radius 1 is 1.24 bits per heavy atom. The molecule has 6 nitrogen and oxygen atoms in total. The molecular weight excluding hydrogens is 366 g/mol. The molecule has 1 N–H and O–H groups in total. The fourth-order valence-electron chi connectivity index (χ4n) is 3.65. The second kappa shape index (κ2) is 10.3. The van der Waals surface area contributed by atoms with E-state index in [4.69, 9.17) is 9.47 Å². The zero-order valence-corrected chi connectivity index (χ0v) is 17.6. The Balaban J connectivity index is 1.57. The molecule has 1 aliphatic heterocycles. The predicted molar refractivity (Wildman–Crippen MR) is 113 cm³/mol. The third kappa shape index (κ3) is 6.19. The molecule has 156 valence electrons. The lowest BCUT2D eigenvalue weighted by atomic mass is 9.98.